The van der Waals surface area contributed by atoms with Crippen molar-refractivity contribution in [2.45, 2.75) is 13.8 Å². The van der Waals surface area contributed by atoms with Crippen molar-refractivity contribution in [2.24, 2.45) is 0 Å². The highest BCUT2D eigenvalue weighted by Gasteiger charge is 1.46. The van der Waals surface area contributed by atoms with Crippen LogP contribution in [-0.4, -0.2) is 18.2 Å². The molecule has 0 radical (unpaired) electrons. The van der Waals surface area contributed by atoms with Gasteiger partial charge in [-0.25, -0.2) is 0 Å². The van der Waals surface area contributed by atoms with E-state index in [1.807, 2.05) is 0 Å². The van der Waals surface area contributed by atoms with Gasteiger partial charge in [0, 0.05) is 20.0 Å². The van der Waals surface area contributed by atoms with Crippen molar-refractivity contribution < 1.29 is 15.0 Å². The molecule has 0 aromatic rings. The lowest BCUT2D eigenvalue weighted by Crippen LogP contribution is -2.16. The molecule has 5 nitrogen and oxygen atoms in total. The summed E-state index contributed by atoms with van der Waals surface area (Å²) in [6, 6.07) is 1.75. The van der Waals surface area contributed by atoms with Crippen LogP contribution in [0.1, 0.15) is 13.8 Å². The monoisotopic (exact) mass is 150 g/mol. The van der Waals surface area contributed by atoms with Crippen molar-refractivity contribution in [1.29, 1.82) is 5.26 Å². The number of hydrogen-bond acceptors (Lipinski definition) is 4. The minimum absolute atomic E-state index is 0. The summed E-state index contributed by atoms with van der Waals surface area (Å²) >= 11 is 0. The zero-order valence-electron chi connectivity index (χ0n) is 6.71. The third-order valence-electron chi connectivity index (χ3n) is 0. The van der Waals surface area contributed by atoms with E-state index in [1.165, 1.54) is 6.92 Å². The number of nitriles is 1. The smallest absolute Gasteiger partial charge is 0.0587 e. The Morgan fingerprint density at radius 3 is 1.60 bits per heavy atom. The Bertz CT molecular complexity index is 83.4. The summed E-state index contributed by atoms with van der Waals surface area (Å²) in [4.78, 5) is 8.89. The van der Waals surface area contributed by atoms with Gasteiger partial charge in [0.25, 0.3) is 0 Å². The number of carboxylic acids is 1. The molecule has 5 heteroatoms. The molecule has 0 saturated heterocycles. The molecule has 0 spiro atoms. The highest BCUT2D eigenvalue weighted by Crippen LogP contribution is 1.31. The number of carbonyl (C=O) groups is 1. The van der Waals surface area contributed by atoms with Crippen LogP contribution in [0.5, 0.6) is 0 Å². The normalized spacial score (nSPS) is 3.90. The Morgan fingerprint density at radius 1 is 1.60 bits per heavy atom. The van der Waals surface area contributed by atoms with Crippen molar-refractivity contribution in [2.75, 3.05) is 7.11 Å². The quantitative estimate of drug-likeness (QED) is 0.472. The molecule has 10 heavy (non-hydrogen) atoms. The Labute approximate surface area is 60.5 Å². The lowest BCUT2D eigenvalue weighted by atomic mass is 10.9. The molecule has 0 bridgehead atoms. The Morgan fingerprint density at radius 2 is 1.60 bits per heavy atom. The van der Waals surface area contributed by atoms with E-state index in [0.29, 0.717) is 0 Å². The molecular weight excluding hydrogens is 136 g/mol. The summed E-state index contributed by atoms with van der Waals surface area (Å²) in [6.45, 7) is 2.40. The van der Waals surface area contributed by atoms with Crippen molar-refractivity contribution >= 4 is 5.97 Å². The van der Waals surface area contributed by atoms with Crippen LogP contribution in [0.4, 0.5) is 0 Å². The van der Waals surface area contributed by atoms with E-state index >= 15 is 0 Å². The van der Waals surface area contributed by atoms with E-state index in [9.17, 15) is 0 Å². The van der Waals surface area contributed by atoms with E-state index < -0.39 is 5.97 Å². The first-order valence-electron chi connectivity index (χ1n) is 2.08. The summed E-state index contributed by atoms with van der Waals surface area (Å²) in [5.74, 6) is -1.08. The number of rotatable bonds is 0. The van der Waals surface area contributed by atoms with Gasteiger partial charge in [0.2, 0.25) is 0 Å². The van der Waals surface area contributed by atoms with Crippen molar-refractivity contribution in [3.05, 3.63) is 0 Å². The van der Waals surface area contributed by atoms with Crippen molar-refractivity contribution in [3.63, 3.8) is 0 Å². The van der Waals surface area contributed by atoms with E-state index in [0.717, 1.165) is 14.0 Å². The van der Waals surface area contributed by atoms with Gasteiger partial charge in [-0.1, -0.05) is 0 Å². The molecular formula is C5H14N2O3. The highest BCUT2D eigenvalue weighted by atomic mass is 16.4. The van der Waals surface area contributed by atoms with Crippen molar-refractivity contribution in [3.8, 4) is 6.07 Å². The lowest BCUT2D eigenvalue weighted by Gasteiger charge is -1.77. The van der Waals surface area contributed by atoms with Crippen LogP contribution in [0.3, 0.4) is 0 Å². The molecule has 0 aromatic heterocycles. The van der Waals surface area contributed by atoms with Gasteiger partial charge in [-0.3, -0.25) is 0 Å². The molecule has 0 aliphatic carbocycles. The standard InChI is InChI=1S/C2H3N.C2H4O2.CH4O.H3N/c1-2-3;1-2(3)4;1-2;/h1H3;1H3,(H,3,4);2H,1H3;1H3. The molecule has 0 unspecified atom stereocenters. The van der Waals surface area contributed by atoms with Crippen LogP contribution in [-0.2, 0) is 4.79 Å². The minimum atomic E-state index is -1.08. The molecule has 0 amide bonds. The fourth-order valence-corrected chi connectivity index (χ4v) is 0. The molecule has 0 atom stereocenters. The maximum Gasteiger partial charge on any atom is 0.0587 e. The van der Waals surface area contributed by atoms with Gasteiger partial charge in [0.1, 0.15) is 0 Å². The molecule has 0 fully saturated rings. The Kier molecular flexibility index (Phi) is 104. The predicted octanol–water partition coefficient (Wildman–Crippen LogP) is -0.729. The van der Waals surface area contributed by atoms with E-state index in [-0.39, 0.29) is 6.15 Å². The SMILES string of the molecule is CC#N.CC(=O)[O-].CO.[NH4+]. The third kappa shape index (κ3) is 190. The van der Waals surface area contributed by atoms with Crippen LogP contribution in [0.15, 0.2) is 0 Å². The number of carboxylic acid groups (broad SMARTS) is 1. The van der Waals surface area contributed by atoms with Crippen LogP contribution in [0, 0.1) is 11.3 Å². The summed E-state index contributed by atoms with van der Waals surface area (Å²) in [6.07, 6.45) is 0. The summed E-state index contributed by atoms with van der Waals surface area (Å²) in [5, 5.41) is 23.2. The maximum absolute atomic E-state index is 8.89. The van der Waals surface area contributed by atoms with Crippen LogP contribution < -0.4 is 11.3 Å². The van der Waals surface area contributed by atoms with Gasteiger partial charge >= 0.3 is 0 Å². The van der Waals surface area contributed by atoms with Gasteiger partial charge in [-0.2, -0.15) is 5.26 Å². The van der Waals surface area contributed by atoms with Crippen LogP contribution >= 0.6 is 0 Å². The fraction of sp³-hybridized carbons (Fsp3) is 0.600. The second-order valence-electron chi connectivity index (χ2n) is 0.715. The minimum Gasteiger partial charge on any atom is -0.550 e. The summed E-state index contributed by atoms with van der Waals surface area (Å²) in [7, 11) is 1.00. The van der Waals surface area contributed by atoms with E-state index in [2.05, 4.69) is 0 Å². The first-order chi connectivity index (χ1) is 4.15. The zero-order chi connectivity index (χ0) is 8.28. The van der Waals surface area contributed by atoms with Gasteiger partial charge in [-0.05, 0) is 6.92 Å². The van der Waals surface area contributed by atoms with Gasteiger partial charge in [-0.15, -0.1) is 0 Å². The second-order valence-corrected chi connectivity index (χ2v) is 0.715. The van der Waals surface area contributed by atoms with Crippen LogP contribution in [0.25, 0.3) is 0 Å². The maximum atomic E-state index is 8.89. The highest BCUT2D eigenvalue weighted by molar-refractivity contribution is 5.60. The Hall–Kier alpha value is -1.12. The number of aliphatic hydroxyl groups excluding tert-OH is 1. The average Bonchev–Trinajstić information content (AvgIpc) is 1.71. The second kappa shape index (κ2) is 45.0. The Balaban J connectivity index is -0.0000000273. The topological polar surface area (TPSA) is 121 Å². The zero-order valence-corrected chi connectivity index (χ0v) is 6.71. The number of quaternary nitrogens is 1. The summed E-state index contributed by atoms with van der Waals surface area (Å²) in [5.41, 5.74) is 0. The number of aliphatic carboxylic acids is 1. The number of aliphatic hydroxyl groups is 1. The number of carbonyl (C=O) groups excluding carboxylic acids is 1. The van der Waals surface area contributed by atoms with Gasteiger partial charge < -0.3 is 21.2 Å². The molecule has 62 valence electrons. The van der Waals surface area contributed by atoms with Crippen molar-refractivity contribution in [1.82, 2.24) is 6.15 Å². The molecule has 5 N–H and O–H groups in total. The van der Waals surface area contributed by atoms with Gasteiger partial charge in [0.15, 0.2) is 0 Å². The predicted molar refractivity (Wildman–Crippen MR) is 36.1 cm³/mol. The lowest BCUT2D eigenvalue weighted by molar-refractivity contribution is -0.302. The van der Waals surface area contributed by atoms with E-state index in [1.54, 1.807) is 6.07 Å². The number of hydrogen-bond donors (Lipinski definition) is 2. The van der Waals surface area contributed by atoms with Gasteiger partial charge in [0.05, 0.1) is 6.07 Å². The average molecular weight is 150 g/mol. The molecule has 0 aliphatic rings. The van der Waals surface area contributed by atoms with Crippen LogP contribution in [0.2, 0.25) is 0 Å². The molecule has 0 aliphatic heterocycles. The number of nitrogens with zero attached hydrogens (tertiary/aromatic N) is 1. The fourth-order valence-electron chi connectivity index (χ4n) is 0. The van der Waals surface area contributed by atoms with E-state index in [4.69, 9.17) is 20.3 Å². The first kappa shape index (κ1) is 23.2. The molecule has 0 rings (SSSR count). The third-order valence-corrected chi connectivity index (χ3v) is 0. The first-order valence-corrected chi connectivity index (χ1v) is 2.08. The summed E-state index contributed by atoms with van der Waals surface area (Å²) < 4.78 is 0. The molecule has 0 aromatic carbocycles. The molecule has 0 heterocycles. The molecule has 0 saturated carbocycles. The largest absolute Gasteiger partial charge is 0.550 e.